The third kappa shape index (κ3) is 3.48. The summed E-state index contributed by atoms with van der Waals surface area (Å²) in [5.41, 5.74) is 2.75. The molecule has 30 heavy (non-hydrogen) atoms. The van der Waals surface area contributed by atoms with E-state index in [0.717, 1.165) is 52.9 Å². The minimum absolute atomic E-state index is 0.290. The van der Waals surface area contributed by atoms with Crippen LogP contribution in [0.3, 0.4) is 0 Å². The van der Waals surface area contributed by atoms with E-state index in [2.05, 4.69) is 29.0 Å². The molecule has 0 bridgehead atoms. The van der Waals surface area contributed by atoms with Gasteiger partial charge in [0, 0.05) is 41.4 Å². The van der Waals surface area contributed by atoms with E-state index in [4.69, 9.17) is 19.9 Å². The van der Waals surface area contributed by atoms with Crippen LogP contribution >= 0.6 is 11.3 Å². The second-order valence-corrected chi connectivity index (χ2v) is 8.83. The van der Waals surface area contributed by atoms with Crippen LogP contribution in [0.5, 0.6) is 5.75 Å². The number of aromatic nitrogens is 4. The fourth-order valence-corrected chi connectivity index (χ4v) is 4.65. The summed E-state index contributed by atoms with van der Waals surface area (Å²) in [4.78, 5) is 12.7. The van der Waals surface area contributed by atoms with Crippen molar-refractivity contribution in [3.63, 3.8) is 0 Å². The molecule has 2 aromatic heterocycles. The zero-order valence-corrected chi connectivity index (χ0v) is 17.9. The van der Waals surface area contributed by atoms with Gasteiger partial charge in [0.05, 0.1) is 25.5 Å². The predicted octanol–water partition coefficient (Wildman–Crippen LogP) is 3.31. The Bertz CT molecular complexity index is 1080. The number of hydrogen-bond acceptors (Lipinski definition) is 7. The van der Waals surface area contributed by atoms with Gasteiger partial charge in [0.25, 0.3) is 0 Å². The van der Waals surface area contributed by atoms with Crippen LogP contribution in [0.15, 0.2) is 18.2 Å². The quantitative estimate of drug-likeness (QED) is 0.494. The molecule has 0 atom stereocenters. The third-order valence-electron chi connectivity index (χ3n) is 5.36. The number of fused-ring (bicyclic) bond motifs is 3. The van der Waals surface area contributed by atoms with Crippen LogP contribution in [0, 0.1) is 5.41 Å². The standard InChI is InChI=1S/C21H24N6O2S/c1-12(2)19-24-20(26-25-19)21-23-17-14-4-3-13(18(22)27-6-9-28-10-7-27)11-15(14)29-8-5-16(17)30-21/h3-4,11-12,22H,5-10H2,1-2H3,(H,24,25,26). The van der Waals surface area contributed by atoms with Gasteiger partial charge in [-0.1, -0.05) is 19.9 Å². The Morgan fingerprint density at radius 3 is 2.80 bits per heavy atom. The molecule has 0 aliphatic carbocycles. The lowest BCUT2D eigenvalue weighted by atomic mass is 10.1. The second kappa shape index (κ2) is 7.81. The Morgan fingerprint density at radius 2 is 2.03 bits per heavy atom. The zero-order valence-electron chi connectivity index (χ0n) is 17.1. The molecular weight excluding hydrogens is 400 g/mol. The summed E-state index contributed by atoms with van der Waals surface area (Å²) in [6, 6.07) is 5.97. The first-order valence-corrected chi connectivity index (χ1v) is 11.0. The molecule has 0 amide bonds. The second-order valence-electron chi connectivity index (χ2n) is 7.75. The van der Waals surface area contributed by atoms with Crippen molar-refractivity contribution in [2.24, 2.45) is 0 Å². The van der Waals surface area contributed by atoms with Crippen molar-refractivity contribution in [2.75, 3.05) is 32.9 Å². The fraction of sp³-hybridized carbons (Fsp3) is 0.429. The molecule has 5 rings (SSSR count). The molecule has 1 fully saturated rings. The van der Waals surface area contributed by atoms with Gasteiger partial charge in [-0.2, -0.15) is 5.10 Å². The number of nitrogens with zero attached hydrogens (tertiary/aromatic N) is 4. The molecule has 2 aliphatic heterocycles. The maximum Gasteiger partial charge on any atom is 0.210 e. The van der Waals surface area contributed by atoms with Crippen molar-refractivity contribution in [2.45, 2.75) is 26.2 Å². The topological polar surface area (TPSA) is 100 Å². The highest BCUT2D eigenvalue weighted by Gasteiger charge is 2.24. The van der Waals surface area contributed by atoms with E-state index in [1.807, 2.05) is 23.1 Å². The highest BCUT2D eigenvalue weighted by Crippen LogP contribution is 2.40. The fourth-order valence-electron chi connectivity index (χ4n) is 3.66. The average molecular weight is 425 g/mol. The number of aromatic amines is 1. The maximum absolute atomic E-state index is 8.58. The van der Waals surface area contributed by atoms with Gasteiger partial charge in [0.1, 0.15) is 17.4 Å². The normalized spacial score (nSPS) is 16.0. The van der Waals surface area contributed by atoms with Gasteiger partial charge in [-0.25, -0.2) is 9.97 Å². The lowest BCUT2D eigenvalue weighted by Crippen LogP contribution is -2.40. The van der Waals surface area contributed by atoms with E-state index < -0.39 is 0 Å². The summed E-state index contributed by atoms with van der Waals surface area (Å²) in [5, 5.41) is 16.8. The molecule has 156 valence electrons. The predicted molar refractivity (Wildman–Crippen MR) is 115 cm³/mol. The summed E-state index contributed by atoms with van der Waals surface area (Å²) in [6.07, 6.45) is 0.791. The largest absolute Gasteiger partial charge is 0.492 e. The Balaban J connectivity index is 1.47. The van der Waals surface area contributed by atoms with E-state index >= 15 is 0 Å². The smallest absolute Gasteiger partial charge is 0.210 e. The average Bonchev–Trinajstić information content (AvgIpc) is 3.38. The van der Waals surface area contributed by atoms with Crippen LogP contribution in [-0.2, 0) is 11.2 Å². The number of thiazole rings is 1. The van der Waals surface area contributed by atoms with Gasteiger partial charge in [-0.15, -0.1) is 11.3 Å². The number of morpholine rings is 1. The lowest BCUT2D eigenvalue weighted by Gasteiger charge is -2.29. The molecule has 9 heteroatoms. The van der Waals surface area contributed by atoms with Gasteiger partial charge in [-0.05, 0) is 12.1 Å². The van der Waals surface area contributed by atoms with Crippen molar-refractivity contribution in [3.8, 4) is 27.8 Å². The molecule has 2 aliphatic rings. The highest BCUT2D eigenvalue weighted by molar-refractivity contribution is 7.15. The number of hydrogen-bond donors (Lipinski definition) is 2. The van der Waals surface area contributed by atoms with Crippen LogP contribution < -0.4 is 4.74 Å². The van der Waals surface area contributed by atoms with Gasteiger partial charge in [-0.3, -0.25) is 10.5 Å². The number of nitrogens with one attached hydrogen (secondary N) is 2. The molecule has 0 radical (unpaired) electrons. The number of rotatable bonds is 3. The number of benzene rings is 1. The SMILES string of the molecule is CC(C)c1nc(-c2nc3c(s2)CCOc2cc(C(=N)N4CCOCC4)ccc2-3)n[nH]1. The molecule has 4 heterocycles. The molecule has 1 saturated heterocycles. The molecule has 0 saturated carbocycles. The van der Waals surface area contributed by atoms with Crippen molar-refractivity contribution in [1.82, 2.24) is 25.1 Å². The molecule has 0 spiro atoms. The Labute approximate surface area is 178 Å². The van der Waals surface area contributed by atoms with Gasteiger partial charge >= 0.3 is 0 Å². The summed E-state index contributed by atoms with van der Waals surface area (Å²) >= 11 is 1.62. The maximum atomic E-state index is 8.58. The van der Waals surface area contributed by atoms with Gasteiger partial charge < -0.3 is 14.4 Å². The lowest BCUT2D eigenvalue weighted by molar-refractivity contribution is 0.0680. The minimum atomic E-state index is 0.290. The Hall–Kier alpha value is -2.78. The Kier molecular flexibility index (Phi) is 5.00. The van der Waals surface area contributed by atoms with Crippen LogP contribution in [0.2, 0.25) is 0 Å². The van der Waals surface area contributed by atoms with Crippen molar-refractivity contribution < 1.29 is 9.47 Å². The highest BCUT2D eigenvalue weighted by atomic mass is 32.1. The molecule has 8 nitrogen and oxygen atoms in total. The van der Waals surface area contributed by atoms with Crippen LogP contribution in [0.25, 0.3) is 22.1 Å². The van der Waals surface area contributed by atoms with Crippen LogP contribution in [-0.4, -0.2) is 63.8 Å². The number of amidine groups is 1. The third-order valence-corrected chi connectivity index (χ3v) is 6.47. The summed E-state index contributed by atoms with van der Waals surface area (Å²) in [5.74, 6) is 3.09. The van der Waals surface area contributed by atoms with Crippen LogP contribution in [0.1, 0.15) is 36.0 Å². The first-order valence-electron chi connectivity index (χ1n) is 10.2. The molecule has 2 N–H and O–H groups in total. The number of H-pyrrole nitrogens is 1. The van der Waals surface area contributed by atoms with E-state index in [0.29, 0.717) is 37.4 Å². The summed E-state index contributed by atoms with van der Waals surface area (Å²) < 4.78 is 11.4. The molecule has 0 unspecified atom stereocenters. The zero-order chi connectivity index (χ0) is 20.7. The monoisotopic (exact) mass is 424 g/mol. The van der Waals surface area contributed by atoms with Gasteiger partial charge in [0.15, 0.2) is 5.01 Å². The van der Waals surface area contributed by atoms with Crippen molar-refractivity contribution >= 4 is 17.2 Å². The first-order chi connectivity index (χ1) is 14.6. The first kappa shape index (κ1) is 19.2. The summed E-state index contributed by atoms with van der Waals surface area (Å²) in [7, 11) is 0. The molecule has 1 aromatic carbocycles. The summed E-state index contributed by atoms with van der Waals surface area (Å²) in [6.45, 7) is 7.56. The van der Waals surface area contributed by atoms with E-state index in [1.54, 1.807) is 11.3 Å². The number of ether oxygens (including phenoxy) is 2. The van der Waals surface area contributed by atoms with Crippen LogP contribution in [0.4, 0.5) is 0 Å². The van der Waals surface area contributed by atoms with Crippen molar-refractivity contribution in [1.29, 1.82) is 5.41 Å². The van der Waals surface area contributed by atoms with E-state index in [-0.39, 0.29) is 0 Å². The molecular formula is C21H24N6O2S. The Morgan fingerprint density at radius 1 is 1.20 bits per heavy atom. The van der Waals surface area contributed by atoms with E-state index in [9.17, 15) is 0 Å². The molecule has 3 aromatic rings. The van der Waals surface area contributed by atoms with Gasteiger partial charge in [0.2, 0.25) is 5.82 Å². The van der Waals surface area contributed by atoms with E-state index in [1.165, 1.54) is 4.88 Å². The van der Waals surface area contributed by atoms with Crippen molar-refractivity contribution in [3.05, 3.63) is 34.5 Å². The minimum Gasteiger partial charge on any atom is -0.492 e.